The molecule has 0 saturated carbocycles. The van der Waals surface area contributed by atoms with E-state index < -0.39 is 11.7 Å². The number of halogens is 3. The molecule has 0 spiro atoms. The minimum absolute atomic E-state index is 0.468. The summed E-state index contributed by atoms with van der Waals surface area (Å²) >= 11 is 0. The molecular formula is C56H41F3N4. The monoisotopic (exact) mass is 826 g/mol. The van der Waals surface area contributed by atoms with Crippen molar-refractivity contribution in [2.75, 3.05) is 0 Å². The van der Waals surface area contributed by atoms with Gasteiger partial charge in [0.25, 0.3) is 0 Å². The number of alkyl halides is 3. The van der Waals surface area contributed by atoms with Crippen LogP contribution in [0.3, 0.4) is 0 Å². The maximum Gasteiger partial charge on any atom is 0.416 e. The maximum absolute atomic E-state index is 14.0. The summed E-state index contributed by atoms with van der Waals surface area (Å²) in [6, 6.07) is 57.4. The summed E-state index contributed by atoms with van der Waals surface area (Å²) in [7, 11) is 0. The minimum atomic E-state index is -4.47. The van der Waals surface area contributed by atoms with Gasteiger partial charge >= 0.3 is 6.18 Å². The lowest BCUT2D eigenvalue weighted by atomic mass is 9.98. The molecule has 10 aromatic rings. The topological polar surface area (TPSA) is 43.6 Å². The number of fused-ring (bicyclic) bond motifs is 3. The lowest BCUT2D eigenvalue weighted by Crippen LogP contribution is -2.04. The minimum Gasteiger partial charge on any atom is -0.309 e. The van der Waals surface area contributed by atoms with Gasteiger partial charge in [0.1, 0.15) is 0 Å². The molecule has 0 aliphatic carbocycles. The van der Waals surface area contributed by atoms with Crippen molar-refractivity contribution in [3.05, 3.63) is 204 Å². The van der Waals surface area contributed by atoms with Crippen LogP contribution in [0.5, 0.6) is 0 Å². The number of aryl methyl sites for hydroxylation is 4. The molecule has 0 saturated heterocycles. The highest BCUT2D eigenvalue weighted by atomic mass is 19.4. The fourth-order valence-electron chi connectivity index (χ4n) is 8.80. The lowest BCUT2D eigenvalue weighted by Gasteiger charge is -2.17. The molecule has 0 aliphatic heterocycles. The Morgan fingerprint density at radius 2 is 0.778 bits per heavy atom. The zero-order valence-electron chi connectivity index (χ0n) is 35.2. The Morgan fingerprint density at radius 1 is 0.365 bits per heavy atom. The van der Waals surface area contributed by atoms with E-state index >= 15 is 0 Å². The second kappa shape index (κ2) is 15.7. The Hall–Kier alpha value is -7.64. The molecule has 7 heteroatoms. The number of hydrogen-bond donors (Lipinski definition) is 0. The van der Waals surface area contributed by atoms with Crippen molar-refractivity contribution in [1.82, 2.24) is 19.5 Å². The second-order valence-electron chi connectivity index (χ2n) is 16.4. The van der Waals surface area contributed by atoms with Crippen LogP contribution in [0.2, 0.25) is 0 Å². The highest BCUT2D eigenvalue weighted by Gasteiger charge is 2.30. The van der Waals surface area contributed by atoms with Gasteiger partial charge in [0.2, 0.25) is 0 Å². The smallest absolute Gasteiger partial charge is 0.309 e. The third-order valence-corrected chi connectivity index (χ3v) is 11.6. The summed E-state index contributed by atoms with van der Waals surface area (Å²) in [6.07, 6.45) is -4.47. The molecular weight excluding hydrogens is 786 g/mol. The molecule has 0 amide bonds. The molecule has 8 aromatic carbocycles. The Kier molecular flexibility index (Phi) is 9.83. The summed E-state index contributed by atoms with van der Waals surface area (Å²) in [5.74, 6) is 1.53. The molecule has 306 valence electrons. The van der Waals surface area contributed by atoms with Crippen LogP contribution in [0.1, 0.15) is 27.8 Å². The number of benzene rings is 8. The van der Waals surface area contributed by atoms with E-state index in [0.29, 0.717) is 23.0 Å². The van der Waals surface area contributed by atoms with E-state index in [9.17, 15) is 13.2 Å². The first kappa shape index (κ1) is 39.5. The summed E-state index contributed by atoms with van der Waals surface area (Å²) in [4.78, 5) is 15.1. The Labute approximate surface area is 364 Å². The number of rotatable bonds is 7. The van der Waals surface area contributed by atoms with E-state index in [-0.39, 0.29) is 0 Å². The molecule has 0 bridgehead atoms. The van der Waals surface area contributed by atoms with Gasteiger partial charge in [0.15, 0.2) is 17.5 Å². The first-order chi connectivity index (χ1) is 30.4. The van der Waals surface area contributed by atoms with Crippen molar-refractivity contribution < 1.29 is 13.2 Å². The zero-order chi connectivity index (χ0) is 43.4. The molecule has 2 aromatic heterocycles. The normalized spacial score (nSPS) is 11.7. The fraction of sp³-hybridized carbons (Fsp3) is 0.0893. The average Bonchev–Trinajstić information content (AvgIpc) is 3.61. The van der Waals surface area contributed by atoms with Crippen LogP contribution in [-0.2, 0) is 6.18 Å². The molecule has 0 aliphatic rings. The van der Waals surface area contributed by atoms with Gasteiger partial charge in [0, 0.05) is 33.0 Å². The molecule has 2 heterocycles. The predicted octanol–water partition coefficient (Wildman–Crippen LogP) is 15.2. The van der Waals surface area contributed by atoms with Gasteiger partial charge in [-0.15, -0.1) is 0 Å². The van der Waals surface area contributed by atoms with Crippen molar-refractivity contribution in [2.24, 2.45) is 0 Å². The summed E-state index contributed by atoms with van der Waals surface area (Å²) in [5, 5.41) is 2.10. The first-order valence-electron chi connectivity index (χ1n) is 20.9. The van der Waals surface area contributed by atoms with Crippen LogP contribution < -0.4 is 0 Å². The number of hydrogen-bond acceptors (Lipinski definition) is 3. The van der Waals surface area contributed by atoms with Gasteiger partial charge in [0.05, 0.1) is 22.3 Å². The van der Waals surface area contributed by atoms with E-state index in [2.05, 4.69) is 111 Å². The summed E-state index contributed by atoms with van der Waals surface area (Å²) in [5.41, 5.74) is 14.8. The van der Waals surface area contributed by atoms with E-state index in [1.165, 1.54) is 22.3 Å². The maximum atomic E-state index is 14.0. The van der Waals surface area contributed by atoms with Gasteiger partial charge in [-0.3, -0.25) is 0 Å². The molecule has 4 nitrogen and oxygen atoms in total. The van der Waals surface area contributed by atoms with Crippen molar-refractivity contribution in [3.8, 4) is 73.2 Å². The first-order valence-corrected chi connectivity index (χ1v) is 20.9. The SMILES string of the molecule is Cc1cc(C)cc(-c2ccc3c4ccc(-c5cc(C)cc(C)c5)cc4n(-c4cc(-c5nc(-c6ccccc6)nc(-c6ccccc6)n5)ccc4-c4ccc(C(F)(F)F)cc4)c3c2)c1. The standard InChI is InChI=1S/C56H41F3N4/c1-34-25-35(2)28-44(27-34)41-17-23-48-49-24-18-42(45-29-36(3)26-37(4)30-45)32-52(49)63(51(48)31-41)50-33-43(19-22-47(50)38-15-20-46(21-16-38)56(57,58)59)55-61-53(39-11-7-5-8-12-39)60-54(62-55)40-13-9-6-10-14-40/h5-33H,1-4H3. The molecule has 63 heavy (non-hydrogen) atoms. The van der Waals surface area contributed by atoms with Crippen LogP contribution in [0.4, 0.5) is 13.2 Å². The number of nitrogens with zero attached hydrogens (tertiary/aromatic N) is 4. The quantitative estimate of drug-likeness (QED) is 0.161. The van der Waals surface area contributed by atoms with Gasteiger partial charge in [-0.2, -0.15) is 13.2 Å². The van der Waals surface area contributed by atoms with Crippen LogP contribution in [0.15, 0.2) is 176 Å². The Balaban J connectivity index is 1.29. The van der Waals surface area contributed by atoms with Crippen molar-refractivity contribution >= 4 is 21.8 Å². The van der Waals surface area contributed by atoms with Crippen LogP contribution in [-0.4, -0.2) is 19.5 Å². The van der Waals surface area contributed by atoms with Gasteiger partial charge in [-0.25, -0.2) is 15.0 Å². The third kappa shape index (κ3) is 7.67. The van der Waals surface area contributed by atoms with Gasteiger partial charge < -0.3 is 4.57 Å². The van der Waals surface area contributed by atoms with Gasteiger partial charge in [-0.1, -0.05) is 168 Å². The largest absolute Gasteiger partial charge is 0.416 e. The summed E-state index contributed by atoms with van der Waals surface area (Å²) < 4.78 is 44.1. The summed E-state index contributed by atoms with van der Waals surface area (Å²) in [6.45, 7) is 8.43. The average molecular weight is 827 g/mol. The van der Waals surface area contributed by atoms with E-state index in [1.54, 1.807) is 12.1 Å². The van der Waals surface area contributed by atoms with Crippen molar-refractivity contribution in [2.45, 2.75) is 33.9 Å². The second-order valence-corrected chi connectivity index (χ2v) is 16.4. The van der Waals surface area contributed by atoms with Gasteiger partial charge in [-0.05, 0) is 85.8 Å². The Morgan fingerprint density at radius 3 is 1.22 bits per heavy atom. The third-order valence-electron chi connectivity index (χ3n) is 11.6. The molecule has 0 unspecified atom stereocenters. The zero-order valence-corrected chi connectivity index (χ0v) is 35.2. The highest BCUT2D eigenvalue weighted by molar-refractivity contribution is 6.12. The molecule has 10 rings (SSSR count). The fourth-order valence-corrected chi connectivity index (χ4v) is 8.80. The number of aromatic nitrogens is 4. The van der Waals surface area contributed by atoms with Crippen molar-refractivity contribution in [3.63, 3.8) is 0 Å². The molecule has 0 N–H and O–H groups in total. The van der Waals surface area contributed by atoms with Crippen LogP contribution in [0.25, 0.3) is 95.0 Å². The van der Waals surface area contributed by atoms with E-state index in [1.807, 2.05) is 72.8 Å². The molecule has 0 radical (unpaired) electrons. The van der Waals surface area contributed by atoms with E-state index in [0.717, 1.165) is 84.1 Å². The highest BCUT2D eigenvalue weighted by Crippen LogP contribution is 2.42. The van der Waals surface area contributed by atoms with Crippen molar-refractivity contribution in [1.29, 1.82) is 0 Å². The van der Waals surface area contributed by atoms with E-state index in [4.69, 9.17) is 15.0 Å². The predicted molar refractivity (Wildman–Crippen MR) is 251 cm³/mol. The Bertz CT molecular complexity index is 3140. The van der Waals surface area contributed by atoms with Crippen LogP contribution >= 0.6 is 0 Å². The molecule has 0 atom stereocenters. The lowest BCUT2D eigenvalue weighted by molar-refractivity contribution is -0.137. The molecule has 0 fully saturated rings. The van der Waals surface area contributed by atoms with Crippen LogP contribution in [0, 0.1) is 27.7 Å².